The number of allylic oxidation sites excluding steroid dienone is 2. The Kier molecular flexibility index (Phi) is 7.02. The fourth-order valence-electron chi connectivity index (χ4n) is 9.26. The molecule has 10 aromatic rings. The summed E-state index contributed by atoms with van der Waals surface area (Å²) in [5.41, 5.74) is 10.1. The van der Waals surface area contributed by atoms with Crippen LogP contribution in [0.15, 0.2) is 188 Å². The molecule has 2 unspecified atom stereocenters. The Morgan fingerprint density at radius 1 is 0.500 bits per heavy atom. The molecule has 6 heteroatoms. The van der Waals surface area contributed by atoms with Gasteiger partial charge in [-0.15, -0.1) is 0 Å². The van der Waals surface area contributed by atoms with Crippen molar-refractivity contribution in [3.8, 4) is 39.9 Å². The average Bonchev–Trinajstić information content (AvgIpc) is 3.96. The van der Waals surface area contributed by atoms with E-state index in [1.165, 1.54) is 10.8 Å². The Bertz CT molecular complexity index is 3230. The zero-order chi connectivity index (χ0) is 38.4. The number of aromatic nitrogens is 5. The van der Waals surface area contributed by atoms with Crippen LogP contribution in [0.1, 0.15) is 18.3 Å². The molecule has 7 aromatic carbocycles. The maximum absolute atomic E-state index is 7.09. The van der Waals surface area contributed by atoms with Gasteiger partial charge in [-0.1, -0.05) is 152 Å². The van der Waals surface area contributed by atoms with E-state index < -0.39 is 5.41 Å². The molecule has 2 atom stereocenters. The smallest absolute Gasteiger partial charge is 0.238 e. The fraction of sp³-hybridized carbons (Fsp3) is 0.0577. The second kappa shape index (κ2) is 12.5. The normalized spacial score (nSPS) is 17.1. The van der Waals surface area contributed by atoms with E-state index in [2.05, 4.69) is 198 Å². The van der Waals surface area contributed by atoms with Crippen molar-refractivity contribution in [2.45, 2.75) is 18.4 Å². The number of hydrogen-bond acceptors (Lipinski definition) is 4. The van der Waals surface area contributed by atoms with Gasteiger partial charge in [-0.05, 0) is 54.4 Å². The number of nitrogens with zero attached hydrogens (tertiary/aromatic N) is 5. The highest BCUT2D eigenvalue weighted by molar-refractivity contribution is 6.10. The monoisotopic (exact) mass is 745 g/mol. The fourth-order valence-corrected chi connectivity index (χ4v) is 9.26. The van der Waals surface area contributed by atoms with E-state index in [9.17, 15) is 0 Å². The zero-order valence-electron chi connectivity index (χ0n) is 31.6. The van der Waals surface area contributed by atoms with Gasteiger partial charge in [-0.2, -0.15) is 9.97 Å². The molecule has 1 aliphatic carbocycles. The predicted octanol–water partition coefficient (Wildman–Crippen LogP) is 12.1. The number of rotatable bonds is 5. The predicted molar refractivity (Wildman–Crippen MR) is 235 cm³/mol. The van der Waals surface area contributed by atoms with Crippen LogP contribution in [-0.2, 0) is 5.41 Å². The Morgan fingerprint density at radius 3 is 1.66 bits per heavy atom. The lowest BCUT2D eigenvalue weighted by Gasteiger charge is -2.33. The highest BCUT2D eigenvalue weighted by Crippen LogP contribution is 2.51. The van der Waals surface area contributed by atoms with E-state index in [0.29, 0.717) is 17.6 Å². The van der Waals surface area contributed by atoms with Crippen LogP contribution in [0.4, 0.5) is 0 Å². The summed E-state index contributed by atoms with van der Waals surface area (Å²) in [5, 5.41) is 4.74. The molecule has 3 aromatic heterocycles. The summed E-state index contributed by atoms with van der Waals surface area (Å²) >= 11 is 0. The third-order valence-corrected chi connectivity index (χ3v) is 12.0. The lowest BCUT2D eigenvalue weighted by molar-refractivity contribution is 0.202. The first-order chi connectivity index (χ1) is 28.6. The summed E-state index contributed by atoms with van der Waals surface area (Å²) in [4.78, 5) is 16.0. The number of fused-ring (bicyclic) bond motifs is 9. The zero-order valence-corrected chi connectivity index (χ0v) is 31.6. The van der Waals surface area contributed by atoms with Crippen molar-refractivity contribution >= 4 is 49.2 Å². The summed E-state index contributed by atoms with van der Waals surface area (Å²) in [7, 11) is 0. The highest BCUT2D eigenvalue weighted by Gasteiger charge is 2.48. The molecule has 0 fully saturated rings. The maximum atomic E-state index is 7.09. The van der Waals surface area contributed by atoms with Crippen LogP contribution in [-0.4, -0.2) is 30.2 Å². The van der Waals surface area contributed by atoms with Crippen LogP contribution < -0.4 is 4.74 Å². The minimum absolute atomic E-state index is 0.386. The molecule has 0 radical (unpaired) electrons. The van der Waals surface area contributed by atoms with Crippen LogP contribution in [0.2, 0.25) is 0 Å². The highest BCUT2D eigenvalue weighted by atomic mass is 16.5. The number of para-hydroxylation sites is 4. The Hall–Kier alpha value is -7.57. The van der Waals surface area contributed by atoms with Crippen molar-refractivity contribution in [3.05, 3.63) is 199 Å². The van der Waals surface area contributed by atoms with Crippen LogP contribution in [0, 0.1) is 0 Å². The van der Waals surface area contributed by atoms with E-state index in [-0.39, 0.29) is 6.10 Å². The number of benzene rings is 7. The molecule has 2 aliphatic rings. The Labute approximate surface area is 334 Å². The standard InChI is InChI=1S/C52H35N5O/c1-52(32-14-21-40-47-45(26-13-27-46(47)58-48(40)52)56-41-22-9-5-17-36(41)37-18-6-10-23-42(37)56)50-53-49(35-30-28-34(29-31-35)33-15-3-2-4-16-33)54-51(55-50)57-43-24-11-7-19-38(43)39-20-8-12-25-44(39)57/h2-32,48H,1H3. The lowest BCUT2D eigenvalue weighted by Crippen LogP contribution is -2.41. The molecule has 1 aliphatic heterocycles. The molecule has 274 valence electrons. The van der Waals surface area contributed by atoms with Crippen molar-refractivity contribution in [2.75, 3.05) is 0 Å². The van der Waals surface area contributed by atoms with Gasteiger partial charge in [0.05, 0.1) is 33.2 Å². The minimum atomic E-state index is -0.754. The van der Waals surface area contributed by atoms with E-state index in [1.54, 1.807) is 0 Å². The molecular formula is C52H35N5O. The molecule has 4 heterocycles. The topological polar surface area (TPSA) is 57.8 Å². The molecule has 0 saturated carbocycles. The third-order valence-electron chi connectivity index (χ3n) is 12.0. The van der Waals surface area contributed by atoms with Gasteiger partial charge in [0.1, 0.15) is 17.7 Å². The summed E-state index contributed by atoms with van der Waals surface area (Å²) in [5.74, 6) is 2.66. The molecule has 0 saturated heterocycles. The van der Waals surface area contributed by atoms with Gasteiger partial charge < -0.3 is 9.30 Å². The second-order valence-electron chi connectivity index (χ2n) is 15.4. The van der Waals surface area contributed by atoms with Crippen molar-refractivity contribution < 1.29 is 4.74 Å². The van der Waals surface area contributed by atoms with Crippen molar-refractivity contribution in [3.63, 3.8) is 0 Å². The minimum Gasteiger partial charge on any atom is -0.484 e. The quantitative estimate of drug-likeness (QED) is 0.176. The Morgan fingerprint density at radius 2 is 1.03 bits per heavy atom. The largest absolute Gasteiger partial charge is 0.484 e. The van der Waals surface area contributed by atoms with Crippen molar-refractivity contribution in [1.29, 1.82) is 0 Å². The van der Waals surface area contributed by atoms with Gasteiger partial charge in [-0.3, -0.25) is 4.57 Å². The summed E-state index contributed by atoms with van der Waals surface area (Å²) in [6.07, 6.45) is 6.16. The summed E-state index contributed by atoms with van der Waals surface area (Å²) in [6.45, 7) is 2.19. The third kappa shape index (κ3) is 4.75. The lowest BCUT2D eigenvalue weighted by atomic mass is 9.75. The van der Waals surface area contributed by atoms with E-state index in [0.717, 1.165) is 72.1 Å². The first kappa shape index (κ1) is 32.7. The molecule has 12 rings (SSSR count). The molecule has 58 heavy (non-hydrogen) atoms. The average molecular weight is 746 g/mol. The van der Waals surface area contributed by atoms with Gasteiger partial charge in [0.25, 0.3) is 0 Å². The molecule has 6 nitrogen and oxygen atoms in total. The van der Waals surface area contributed by atoms with Crippen molar-refractivity contribution in [1.82, 2.24) is 24.1 Å². The first-order valence-electron chi connectivity index (χ1n) is 19.7. The number of ether oxygens (including phenoxy) is 1. The first-order valence-corrected chi connectivity index (χ1v) is 19.7. The van der Waals surface area contributed by atoms with Crippen LogP contribution in [0.5, 0.6) is 5.75 Å². The van der Waals surface area contributed by atoms with Gasteiger partial charge in [0.2, 0.25) is 5.95 Å². The van der Waals surface area contributed by atoms with Crippen LogP contribution in [0.25, 0.3) is 83.3 Å². The van der Waals surface area contributed by atoms with E-state index in [4.69, 9.17) is 19.7 Å². The van der Waals surface area contributed by atoms with Crippen LogP contribution >= 0.6 is 0 Å². The van der Waals surface area contributed by atoms with Gasteiger partial charge >= 0.3 is 0 Å². The van der Waals surface area contributed by atoms with Gasteiger partial charge in [0.15, 0.2) is 5.82 Å². The van der Waals surface area contributed by atoms with Gasteiger partial charge in [-0.25, -0.2) is 4.98 Å². The maximum Gasteiger partial charge on any atom is 0.238 e. The summed E-state index contributed by atoms with van der Waals surface area (Å²) in [6, 6.07) is 59.5. The van der Waals surface area contributed by atoms with E-state index in [1.807, 2.05) is 6.07 Å². The van der Waals surface area contributed by atoms with Crippen LogP contribution in [0.3, 0.4) is 0 Å². The number of hydrogen-bond donors (Lipinski definition) is 0. The SMILES string of the molecule is CC1(c2nc(-c3ccc(-c4ccccc4)cc3)nc(-n3c4ccccc4c4ccccc43)n2)C=CC=C2c3c(cccc3-n3c4ccccc4c4ccccc43)OC21. The molecular weight excluding hydrogens is 711 g/mol. The van der Waals surface area contributed by atoms with Gasteiger partial charge in [0, 0.05) is 38.2 Å². The molecule has 0 N–H and O–H groups in total. The molecule has 0 amide bonds. The Balaban J connectivity index is 1.04. The molecule has 0 bridgehead atoms. The molecule has 0 spiro atoms. The van der Waals surface area contributed by atoms with E-state index >= 15 is 0 Å². The second-order valence-corrected chi connectivity index (χ2v) is 15.4. The van der Waals surface area contributed by atoms with Crippen molar-refractivity contribution in [2.24, 2.45) is 0 Å². The summed E-state index contributed by atoms with van der Waals surface area (Å²) < 4.78 is 11.6.